The molecule has 2 heterocycles. The van der Waals surface area contributed by atoms with Gasteiger partial charge in [0.15, 0.2) is 0 Å². The van der Waals surface area contributed by atoms with Gasteiger partial charge in [-0.25, -0.2) is 4.98 Å². The highest BCUT2D eigenvalue weighted by atomic mass is 35.5. The Labute approximate surface area is 99.6 Å². The minimum atomic E-state index is 0.253. The van der Waals surface area contributed by atoms with Crippen LogP contribution in [0.3, 0.4) is 0 Å². The Morgan fingerprint density at radius 1 is 1.53 bits per heavy atom. The number of hydrogen-bond donors (Lipinski definition) is 0. The Morgan fingerprint density at radius 3 is 2.93 bits per heavy atom. The predicted molar refractivity (Wildman–Crippen MR) is 63.9 cm³/mol. The van der Waals surface area contributed by atoms with Crippen LogP contribution in [0.4, 0.5) is 0 Å². The molecule has 15 heavy (non-hydrogen) atoms. The first-order valence-electron chi connectivity index (χ1n) is 5.31. The number of rotatable bonds is 2. The first-order chi connectivity index (χ1) is 7.16. The molecule has 0 spiro atoms. The van der Waals surface area contributed by atoms with Gasteiger partial charge in [-0.15, -0.1) is 22.9 Å². The number of hydrogen-bond acceptors (Lipinski definition) is 3. The molecule has 0 aromatic carbocycles. The molecule has 2 unspecified atom stereocenters. The van der Waals surface area contributed by atoms with Crippen LogP contribution >= 0.6 is 22.9 Å². The zero-order valence-corrected chi connectivity index (χ0v) is 10.7. The summed E-state index contributed by atoms with van der Waals surface area (Å²) in [6.07, 6.45) is 1.93. The van der Waals surface area contributed by atoms with E-state index < -0.39 is 0 Å². The van der Waals surface area contributed by atoms with Crippen molar-refractivity contribution < 1.29 is 4.74 Å². The molecule has 2 rings (SSSR count). The van der Waals surface area contributed by atoms with Crippen molar-refractivity contribution in [2.24, 2.45) is 5.92 Å². The third-order valence-corrected chi connectivity index (χ3v) is 4.56. The number of aryl methyl sites for hydroxylation is 2. The average Bonchev–Trinajstić information content (AvgIpc) is 2.50. The predicted octanol–water partition coefficient (Wildman–Crippen LogP) is 2.95. The third-order valence-electron chi connectivity index (χ3n) is 2.89. The van der Waals surface area contributed by atoms with Gasteiger partial charge >= 0.3 is 0 Å². The van der Waals surface area contributed by atoms with Crippen LogP contribution in [0.15, 0.2) is 0 Å². The Kier molecular flexibility index (Phi) is 3.65. The van der Waals surface area contributed by atoms with E-state index in [9.17, 15) is 0 Å². The van der Waals surface area contributed by atoms with Gasteiger partial charge in [0.05, 0.1) is 17.3 Å². The van der Waals surface area contributed by atoms with Gasteiger partial charge in [0, 0.05) is 29.2 Å². The summed E-state index contributed by atoms with van der Waals surface area (Å²) in [6.45, 7) is 5.77. The molecule has 1 fully saturated rings. The van der Waals surface area contributed by atoms with Crippen molar-refractivity contribution in [3.05, 3.63) is 15.6 Å². The Hall–Kier alpha value is -0.120. The molecule has 0 bridgehead atoms. The normalized spacial score (nSPS) is 26.9. The molecule has 0 saturated carbocycles. The zero-order chi connectivity index (χ0) is 10.8. The minimum Gasteiger partial charge on any atom is -0.381 e. The fraction of sp³-hybridized carbons (Fsp3) is 0.727. The molecule has 84 valence electrons. The van der Waals surface area contributed by atoms with E-state index in [-0.39, 0.29) is 5.38 Å². The van der Waals surface area contributed by atoms with E-state index in [1.165, 1.54) is 9.88 Å². The maximum Gasteiger partial charge on any atom is 0.0935 e. The van der Waals surface area contributed by atoms with E-state index in [1.807, 2.05) is 0 Å². The average molecular weight is 246 g/mol. The van der Waals surface area contributed by atoms with E-state index in [1.54, 1.807) is 11.3 Å². The molecule has 1 saturated heterocycles. The second-order valence-corrected chi connectivity index (χ2v) is 5.94. The van der Waals surface area contributed by atoms with Gasteiger partial charge in [-0.2, -0.15) is 0 Å². The van der Waals surface area contributed by atoms with Crippen LogP contribution in [0, 0.1) is 19.8 Å². The SMILES string of the molecule is Cc1nc(CC2COCCC2Cl)sc1C. The van der Waals surface area contributed by atoms with Gasteiger partial charge in [-0.05, 0) is 20.3 Å². The van der Waals surface area contributed by atoms with Crippen LogP contribution in [0.2, 0.25) is 0 Å². The Morgan fingerprint density at radius 2 is 2.33 bits per heavy atom. The Bertz CT molecular complexity index is 320. The molecular weight excluding hydrogens is 230 g/mol. The van der Waals surface area contributed by atoms with Crippen LogP contribution in [0.1, 0.15) is 22.0 Å². The van der Waals surface area contributed by atoms with Crippen molar-refractivity contribution in [3.63, 3.8) is 0 Å². The van der Waals surface area contributed by atoms with E-state index in [0.717, 1.165) is 31.7 Å². The van der Waals surface area contributed by atoms with Crippen molar-refractivity contribution in [3.8, 4) is 0 Å². The lowest BCUT2D eigenvalue weighted by Crippen LogP contribution is -2.29. The molecule has 2 atom stereocenters. The van der Waals surface area contributed by atoms with Gasteiger partial charge in [-0.3, -0.25) is 0 Å². The van der Waals surface area contributed by atoms with Gasteiger partial charge in [0.1, 0.15) is 0 Å². The number of aromatic nitrogens is 1. The number of thiazole rings is 1. The van der Waals surface area contributed by atoms with E-state index in [2.05, 4.69) is 18.8 Å². The molecule has 0 radical (unpaired) electrons. The van der Waals surface area contributed by atoms with Crippen molar-refractivity contribution in [2.45, 2.75) is 32.1 Å². The molecular formula is C11H16ClNOS. The van der Waals surface area contributed by atoms with Gasteiger partial charge in [0.25, 0.3) is 0 Å². The summed E-state index contributed by atoms with van der Waals surface area (Å²) in [5.41, 5.74) is 1.15. The maximum atomic E-state index is 6.28. The van der Waals surface area contributed by atoms with Crippen molar-refractivity contribution in [2.75, 3.05) is 13.2 Å². The third kappa shape index (κ3) is 2.71. The molecule has 0 N–H and O–H groups in total. The summed E-state index contributed by atoms with van der Waals surface area (Å²) in [4.78, 5) is 5.86. The summed E-state index contributed by atoms with van der Waals surface area (Å²) in [5.74, 6) is 0.436. The zero-order valence-electron chi connectivity index (χ0n) is 9.12. The molecule has 0 aliphatic carbocycles. The molecule has 4 heteroatoms. The lowest BCUT2D eigenvalue weighted by Gasteiger charge is -2.26. The fourth-order valence-electron chi connectivity index (χ4n) is 1.81. The molecule has 0 amide bonds. The van der Waals surface area contributed by atoms with Crippen molar-refractivity contribution in [1.82, 2.24) is 4.98 Å². The van der Waals surface area contributed by atoms with Gasteiger partial charge in [-0.1, -0.05) is 0 Å². The van der Waals surface area contributed by atoms with Crippen molar-refractivity contribution in [1.29, 1.82) is 0 Å². The van der Waals surface area contributed by atoms with Crippen LogP contribution in [-0.4, -0.2) is 23.6 Å². The lowest BCUT2D eigenvalue weighted by molar-refractivity contribution is 0.0577. The minimum absolute atomic E-state index is 0.253. The summed E-state index contributed by atoms with van der Waals surface area (Å²) in [5, 5.41) is 1.45. The monoisotopic (exact) mass is 245 g/mol. The summed E-state index contributed by atoms with van der Waals surface area (Å²) >= 11 is 8.06. The van der Waals surface area contributed by atoms with Crippen LogP contribution in [0.5, 0.6) is 0 Å². The Balaban J connectivity index is 2.01. The van der Waals surface area contributed by atoms with Gasteiger partial charge in [0.2, 0.25) is 0 Å². The second kappa shape index (κ2) is 4.81. The van der Waals surface area contributed by atoms with Gasteiger partial charge < -0.3 is 4.74 Å². The van der Waals surface area contributed by atoms with Crippen molar-refractivity contribution >= 4 is 22.9 Å². The quantitative estimate of drug-likeness (QED) is 0.748. The molecule has 1 aromatic heterocycles. The molecule has 1 aromatic rings. The fourth-order valence-corrected chi connectivity index (χ4v) is 3.09. The van der Waals surface area contributed by atoms with E-state index in [0.29, 0.717) is 5.92 Å². The number of ether oxygens (including phenoxy) is 1. The summed E-state index contributed by atoms with van der Waals surface area (Å²) in [6, 6.07) is 0. The topological polar surface area (TPSA) is 22.1 Å². The number of nitrogens with zero attached hydrogens (tertiary/aromatic N) is 1. The van der Waals surface area contributed by atoms with E-state index >= 15 is 0 Å². The first kappa shape index (κ1) is 11.4. The molecule has 1 aliphatic heterocycles. The first-order valence-corrected chi connectivity index (χ1v) is 6.57. The number of halogens is 1. The van der Waals surface area contributed by atoms with Crippen LogP contribution in [-0.2, 0) is 11.2 Å². The molecule has 2 nitrogen and oxygen atoms in total. The smallest absolute Gasteiger partial charge is 0.0935 e. The van der Waals surface area contributed by atoms with Crippen LogP contribution < -0.4 is 0 Å². The van der Waals surface area contributed by atoms with Crippen LogP contribution in [0.25, 0.3) is 0 Å². The number of alkyl halides is 1. The molecule has 1 aliphatic rings. The maximum absolute atomic E-state index is 6.28. The largest absolute Gasteiger partial charge is 0.381 e. The van der Waals surface area contributed by atoms with E-state index in [4.69, 9.17) is 16.3 Å². The summed E-state index contributed by atoms with van der Waals surface area (Å²) in [7, 11) is 0. The second-order valence-electron chi connectivity index (χ2n) is 4.09. The summed E-state index contributed by atoms with van der Waals surface area (Å²) < 4.78 is 5.45. The highest BCUT2D eigenvalue weighted by molar-refractivity contribution is 7.11. The highest BCUT2D eigenvalue weighted by Gasteiger charge is 2.25. The lowest BCUT2D eigenvalue weighted by atomic mass is 9.98. The highest BCUT2D eigenvalue weighted by Crippen LogP contribution is 2.26. The standard InChI is InChI=1S/C11H16ClNOS/c1-7-8(2)15-11(13-7)5-9-6-14-4-3-10(9)12/h9-10H,3-6H2,1-2H3.